The van der Waals surface area contributed by atoms with Gasteiger partial charge in [0.25, 0.3) is 0 Å². The fourth-order valence-electron chi connectivity index (χ4n) is 3.62. The lowest BCUT2D eigenvalue weighted by Crippen LogP contribution is -2.27. The average molecular weight is 479 g/mol. The lowest BCUT2D eigenvalue weighted by molar-refractivity contribution is 0.316. The largest absolute Gasteiger partial charge is 0.334 e. The highest BCUT2D eigenvalue weighted by atomic mass is 15.0. The number of imidazole rings is 2. The Morgan fingerprint density at radius 1 is 0.639 bits per heavy atom. The molecule has 36 heavy (non-hydrogen) atoms. The highest BCUT2D eigenvalue weighted by Crippen LogP contribution is 2.29. The number of hydrogen-bond acceptors (Lipinski definition) is 4. The second kappa shape index (κ2) is 9.66. The number of nitrogens with one attached hydrogen (secondary N) is 2. The minimum atomic E-state index is -0.178. The molecular formula is C30H34N6. The molecule has 0 amide bonds. The maximum atomic E-state index is 6.29. The van der Waals surface area contributed by atoms with Crippen molar-refractivity contribution in [1.29, 1.82) is 0 Å². The summed E-state index contributed by atoms with van der Waals surface area (Å²) in [4.78, 5) is 15.3. The van der Waals surface area contributed by atoms with E-state index in [9.17, 15) is 0 Å². The fraction of sp³-hybridized carbons (Fsp3) is 0.333. The molecule has 2 atom stereocenters. The molecule has 0 saturated carbocycles. The van der Waals surface area contributed by atoms with E-state index in [0.29, 0.717) is 0 Å². The van der Waals surface area contributed by atoms with Gasteiger partial charge in [0.1, 0.15) is 23.0 Å². The second-order valence-electron chi connectivity index (χ2n) is 11.3. The van der Waals surface area contributed by atoms with Crippen molar-refractivity contribution in [3.8, 4) is 23.7 Å². The van der Waals surface area contributed by atoms with Crippen LogP contribution in [0.1, 0.15) is 87.8 Å². The molecule has 0 aliphatic carbocycles. The summed E-state index contributed by atoms with van der Waals surface area (Å²) in [5.41, 5.74) is 15.8. The van der Waals surface area contributed by atoms with Crippen LogP contribution in [0.2, 0.25) is 0 Å². The first kappa shape index (κ1) is 25.3. The van der Waals surface area contributed by atoms with Crippen LogP contribution in [0.25, 0.3) is 10.8 Å². The summed E-state index contributed by atoms with van der Waals surface area (Å²) in [6.07, 6.45) is 3.47. The summed E-state index contributed by atoms with van der Waals surface area (Å²) in [7, 11) is 0. The molecule has 2 heterocycles. The molecule has 6 heteroatoms. The topological polar surface area (TPSA) is 109 Å². The van der Waals surface area contributed by atoms with Gasteiger partial charge < -0.3 is 21.4 Å². The molecule has 6 N–H and O–H groups in total. The number of nitrogens with two attached hydrogens (primary N) is 2. The van der Waals surface area contributed by atoms with Crippen molar-refractivity contribution in [1.82, 2.24) is 19.9 Å². The Hall–Kier alpha value is -3.84. The predicted octanol–water partition coefficient (Wildman–Crippen LogP) is 5.18. The molecule has 2 aromatic heterocycles. The van der Waals surface area contributed by atoms with Crippen molar-refractivity contribution < 1.29 is 0 Å². The first-order valence-corrected chi connectivity index (χ1v) is 12.1. The van der Waals surface area contributed by atoms with Gasteiger partial charge in [-0.25, -0.2) is 9.97 Å². The smallest absolute Gasteiger partial charge is 0.124 e. The molecule has 0 spiro atoms. The predicted molar refractivity (Wildman–Crippen MR) is 146 cm³/mol. The molecule has 184 valence electrons. The minimum Gasteiger partial charge on any atom is -0.334 e. The first-order valence-electron chi connectivity index (χ1n) is 12.1. The van der Waals surface area contributed by atoms with Gasteiger partial charge in [0.2, 0.25) is 0 Å². The Morgan fingerprint density at radius 3 is 1.39 bits per heavy atom. The van der Waals surface area contributed by atoms with Crippen LogP contribution >= 0.6 is 0 Å². The van der Waals surface area contributed by atoms with Crippen molar-refractivity contribution >= 4 is 10.8 Å². The Balaban J connectivity index is 1.49. The standard InChI is InChI=1S/C30H34N6/c1-29(2,3)25(31)27-33-17-23(35-27)13-9-19-7-11-22-16-20(8-12-21(22)15-19)10-14-24-18-34-28(36-24)26(32)30(4,5)6/h7-8,11-12,15-18,25-26H,31-32H2,1-6H3,(H,33,35)(H,34,36)/t25-,26?/m1/s1. The zero-order chi connectivity index (χ0) is 26.1. The molecule has 0 aliphatic heterocycles. The van der Waals surface area contributed by atoms with Crippen LogP contribution in [0.4, 0.5) is 0 Å². The third kappa shape index (κ3) is 5.86. The van der Waals surface area contributed by atoms with E-state index in [1.54, 1.807) is 12.4 Å². The van der Waals surface area contributed by atoms with Gasteiger partial charge in [0, 0.05) is 11.1 Å². The van der Waals surface area contributed by atoms with Crippen LogP contribution in [0.3, 0.4) is 0 Å². The fourth-order valence-corrected chi connectivity index (χ4v) is 3.62. The van der Waals surface area contributed by atoms with E-state index in [0.717, 1.165) is 44.9 Å². The summed E-state index contributed by atoms with van der Waals surface area (Å²) >= 11 is 0. The van der Waals surface area contributed by atoms with Gasteiger partial charge >= 0.3 is 0 Å². The average Bonchev–Trinajstić information content (AvgIpc) is 3.49. The van der Waals surface area contributed by atoms with E-state index in [2.05, 4.69) is 109 Å². The van der Waals surface area contributed by atoms with Crippen molar-refractivity contribution in [2.45, 2.75) is 53.6 Å². The molecule has 4 rings (SSSR count). The zero-order valence-corrected chi connectivity index (χ0v) is 21.8. The summed E-state index contributed by atoms with van der Waals surface area (Å²) in [6.45, 7) is 12.6. The summed E-state index contributed by atoms with van der Waals surface area (Å²) < 4.78 is 0. The molecule has 2 aromatic carbocycles. The Kier molecular flexibility index (Phi) is 6.78. The van der Waals surface area contributed by atoms with Crippen LogP contribution in [0.5, 0.6) is 0 Å². The van der Waals surface area contributed by atoms with Gasteiger partial charge in [0.05, 0.1) is 24.5 Å². The third-order valence-electron chi connectivity index (χ3n) is 6.17. The highest BCUT2D eigenvalue weighted by Gasteiger charge is 2.25. The quantitative estimate of drug-likeness (QED) is 0.298. The highest BCUT2D eigenvalue weighted by molar-refractivity contribution is 5.85. The molecule has 6 nitrogen and oxygen atoms in total. The number of rotatable bonds is 2. The van der Waals surface area contributed by atoms with Crippen LogP contribution in [-0.4, -0.2) is 19.9 Å². The number of aromatic nitrogens is 4. The van der Waals surface area contributed by atoms with E-state index in [1.807, 2.05) is 12.1 Å². The van der Waals surface area contributed by atoms with E-state index in [-0.39, 0.29) is 22.9 Å². The van der Waals surface area contributed by atoms with Crippen molar-refractivity contribution in [3.63, 3.8) is 0 Å². The molecule has 4 aromatic rings. The van der Waals surface area contributed by atoms with Crippen molar-refractivity contribution in [2.75, 3.05) is 0 Å². The normalized spacial score (nSPS) is 13.4. The maximum absolute atomic E-state index is 6.29. The van der Waals surface area contributed by atoms with Gasteiger partial charge in [-0.3, -0.25) is 0 Å². The van der Waals surface area contributed by atoms with Crippen LogP contribution in [0, 0.1) is 34.5 Å². The first-order chi connectivity index (χ1) is 16.9. The number of hydrogen-bond donors (Lipinski definition) is 4. The zero-order valence-electron chi connectivity index (χ0n) is 21.8. The molecule has 1 unspecified atom stereocenters. The molecule has 0 aliphatic rings. The van der Waals surface area contributed by atoms with Crippen molar-refractivity contribution in [3.05, 3.63) is 83.0 Å². The van der Waals surface area contributed by atoms with E-state index < -0.39 is 0 Å². The van der Waals surface area contributed by atoms with E-state index in [1.165, 1.54) is 0 Å². The molecule has 0 fully saturated rings. The molecule has 0 radical (unpaired) electrons. The SMILES string of the molecule is CC(C)(C)C(N)c1ncc(C#Cc2ccc3cc(C#Cc4cnc([C@@H](N)C(C)(C)C)[nH]4)ccc3c2)[nH]1. The summed E-state index contributed by atoms with van der Waals surface area (Å²) in [5.74, 6) is 14.3. The summed E-state index contributed by atoms with van der Waals surface area (Å²) in [5, 5.41) is 2.21. The van der Waals surface area contributed by atoms with Gasteiger partial charge in [-0.1, -0.05) is 65.5 Å². The number of aromatic amines is 2. The van der Waals surface area contributed by atoms with E-state index in [4.69, 9.17) is 11.5 Å². The van der Waals surface area contributed by atoms with Gasteiger partial charge in [-0.15, -0.1) is 0 Å². The van der Waals surface area contributed by atoms with Crippen LogP contribution in [-0.2, 0) is 0 Å². The molecule has 0 saturated heterocycles. The van der Waals surface area contributed by atoms with Crippen LogP contribution < -0.4 is 11.5 Å². The second-order valence-corrected chi connectivity index (χ2v) is 11.3. The Labute approximate surface area is 213 Å². The Bertz CT molecular complexity index is 1390. The monoisotopic (exact) mass is 478 g/mol. The molecular weight excluding hydrogens is 444 g/mol. The Morgan fingerprint density at radius 2 is 1.03 bits per heavy atom. The summed E-state index contributed by atoms with van der Waals surface area (Å²) in [6, 6.07) is 12.0. The number of benzene rings is 2. The van der Waals surface area contributed by atoms with Crippen molar-refractivity contribution in [2.24, 2.45) is 22.3 Å². The lowest BCUT2D eigenvalue weighted by Gasteiger charge is -2.24. The van der Waals surface area contributed by atoms with Crippen LogP contribution in [0.15, 0.2) is 48.8 Å². The van der Waals surface area contributed by atoms with Gasteiger partial charge in [-0.05, 0) is 57.7 Å². The minimum absolute atomic E-state index is 0.0782. The maximum Gasteiger partial charge on any atom is 0.124 e. The third-order valence-corrected chi connectivity index (χ3v) is 6.17. The van der Waals surface area contributed by atoms with Gasteiger partial charge in [0.15, 0.2) is 0 Å². The van der Waals surface area contributed by atoms with Gasteiger partial charge in [-0.2, -0.15) is 0 Å². The lowest BCUT2D eigenvalue weighted by atomic mass is 9.87. The van der Waals surface area contributed by atoms with E-state index >= 15 is 0 Å². The number of fused-ring (bicyclic) bond motifs is 1. The number of H-pyrrole nitrogens is 2. The number of nitrogens with zero attached hydrogens (tertiary/aromatic N) is 2. The molecule has 0 bridgehead atoms.